The lowest BCUT2D eigenvalue weighted by Crippen LogP contribution is -2.39. The molecule has 2 aromatic carbocycles. The Morgan fingerprint density at radius 3 is 2.52 bits per heavy atom. The molecule has 2 aliphatic rings. The van der Waals surface area contributed by atoms with Gasteiger partial charge in [-0.25, -0.2) is 12.8 Å². The number of ether oxygens (including phenoxy) is 2. The monoisotopic (exact) mass is 694 g/mol. The van der Waals surface area contributed by atoms with Gasteiger partial charge < -0.3 is 14.4 Å². The number of methoxy groups -OCH3 is 1. The van der Waals surface area contributed by atoms with Gasteiger partial charge in [0.2, 0.25) is 10.0 Å². The Balaban J connectivity index is 0.000000867. The summed E-state index contributed by atoms with van der Waals surface area (Å²) in [4.78, 5) is 30.9. The Labute approximate surface area is 252 Å². The maximum atomic E-state index is 13.5. The summed E-state index contributed by atoms with van der Waals surface area (Å²) in [7, 11) is -2.33. The van der Waals surface area contributed by atoms with Gasteiger partial charge in [0.05, 0.1) is 42.0 Å². The van der Waals surface area contributed by atoms with E-state index in [1.54, 1.807) is 43.8 Å². The number of nitrogens with zero attached hydrogens (tertiary/aromatic N) is 4. The number of benzene rings is 2. The summed E-state index contributed by atoms with van der Waals surface area (Å²) in [5.41, 5.74) is 1.31. The number of alkyl halides is 1. The molecule has 10 nitrogen and oxygen atoms in total. The van der Waals surface area contributed by atoms with Crippen LogP contribution >= 0.6 is 22.6 Å². The summed E-state index contributed by atoms with van der Waals surface area (Å²) in [5.74, 6) is -0.142. The summed E-state index contributed by atoms with van der Waals surface area (Å²) in [6.45, 7) is 0.743. The van der Waals surface area contributed by atoms with Gasteiger partial charge in [0.25, 0.3) is 11.7 Å². The topological polar surface area (TPSA) is 118 Å². The van der Waals surface area contributed by atoms with Crippen LogP contribution in [0.15, 0.2) is 76.2 Å². The third kappa shape index (κ3) is 6.65. The van der Waals surface area contributed by atoms with Crippen molar-refractivity contribution < 1.29 is 27.5 Å². The van der Waals surface area contributed by atoms with Gasteiger partial charge in [0, 0.05) is 25.2 Å². The lowest BCUT2D eigenvalue weighted by Gasteiger charge is -2.24. The van der Waals surface area contributed by atoms with E-state index in [-0.39, 0.29) is 29.7 Å². The first-order valence-electron chi connectivity index (χ1n) is 12.3. The SMILES string of the molecule is COc1ccc(CN2C(=O)C(=O)c3cc(S(=O)(=O)N4CCC[C@H]4COc4cccnc4)ccc32)cc1.S=NCI. The van der Waals surface area contributed by atoms with Crippen LogP contribution in [-0.4, -0.2) is 60.3 Å². The zero-order valence-electron chi connectivity index (χ0n) is 21.6. The summed E-state index contributed by atoms with van der Waals surface area (Å²) in [6, 6.07) is 14.7. The van der Waals surface area contributed by atoms with Crippen LogP contribution < -0.4 is 14.4 Å². The summed E-state index contributed by atoms with van der Waals surface area (Å²) >= 11 is 6.25. The van der Waals surface area contributed by atoms with Crippen LogP contribution in [0.4, 0.5) is 5.69 Å². The Kier molecular flexibility index (Phi) is 10.2. The number of anilines is 1. The number of hydrogen-bond donors (Lipinski definition) is 0. The average Bonchev–Trinajstić information content (AvgIpc) is 3.56. The molecule has 3 heterocycles. The Hall–Kier alpha value is -3.01. The number of Topliss-reactive ketones (excluding diaryl/α,β-unsaturated/α-hetero) is 1. The lowest BCUT2D eigenvalue weighted by molar-refractivity contribution is -0.114. The van der Waals surface area contributed by atoms with Gasteiger partial charge in [0.1, 0.15) is 22.7 Å². The minimum absolute atomic E-state index is 0.0121. The largest absolute Gasteiger partial charge is 0.497 e. The number of sulfonamides is 1. The van der Waals surface area contributed by atoms with E-state index in [4.69, 9.17) is 9.47 Å². The Bertz CT molecular complexity index is 1470. The van der Waals surface area contributed by atoms with Gasteiger partial charge in [-0.2, -0.15) is 4.31 Å². The highest BCUT2D eigenvalue weighted by Gasteiger charge is 2.40. The molecule has 0 saturated carbocycles. The Morgan fingerprint density at radius 2 is 1.88 bits per heavy atom. The van der Waals surface area contributed by atoms with Gasteiger partial charge in [-0.3, -0.25) is 14.6 Å². The van der Waals surface area contributed by atoms with Crippen molar-refractivity contribution >= 4 is 62.4 Å². The summed E-state index contributed by atoms with van der Waals surface area (Å²) in [6.07, 6.45) is 4.58. The van der Waals surface area contributed by atoms with Gasteiger partial charge in [-0.05, 0) is 60.9 Å². The molecule has 13 heteroatoms. The number of aromatic nitrogens is 1. The number of hydrogen-bond acceptors (Lipinski definition) is 9. The van der Waals surface area contributed by atoms with E-state index in [9.17, 15) is 18.0 Å². The lowest BCUT2D eigenvalue weighted by atomic mass is 10.1. The molecule has 1 amide bonds. The molecule has 210 valence electrons. The quantitative estimate of drug-likeness (QED) is 0.142. The second-order valence-electron chi connectivity index (χ2n) is 8.91. The standard InChI is InChI=1S/C26H25N3O6S.CH2INS/c1-34-20-8-6-18(7-9-20)16-28-24-11-10-22(14-23(24)25(30)26(28)31)36(32,33)29-13-3-4-19(29)17-35-21-5-2-12-27-15-21;2-1-3-4/h2,5-12,14-15,19H,3-4,13,16-17H2,1H3;1H2/t19-;/m0./s1. The van der Waals surface area contributed by atoms with E-state index in [0.29, 0.717) is 36.6 Å². The van der Waals surface area contributed by atoms with Crippen LogP contribution in [0.25, 0.3) is 0 Å². The van der Waals surface area contributed by atoms with E-state index in [0.717, 1.165) is 10.1 Å². The van der Waals surface area contributed by atoms with Crippen molar-refractivity contribution in [1.29, 1.82) is 0 Å². The van der Waals surface area contributed by atoms with Crippen molar-refractivity contribution in [2.45, 2.75) is 30.3 Å². The van der Waals surface area contributed by atoms with Crippen molar-refractivity contribution in [2.24, 2.45) is 4.36 Å². The molecule has 40 heavy (non-hydrogen) atoms. The first kappa shape index (κ1) is 30.0. The zero-order valence-corrected chi connectivity index (χ0v) is 25.4. The smallest absolute Gasteiger partial charge is 0.299 e. The van der Waals surface area contributed by atoms with Gasteiger partial charge in [-0.15, -0.1) is 0 Å². The van der Waals surface area contributed by atoms with Crippen LogP contribution in [0, 0.1) is 0 Å². The molecule has 0 unspecified atom stereocenters. The number of rotatable bonds is 9. The van der Waals surface area contributed by atoms with Crippen molar-refractivity contribution in [2.75, 3.05) is 29.7 Å². The molecule has 3 aromatic rings. The third-order valence-corrected chi connectivity index (χ3v) is 9.38. The molecular formula is C27H27IN4O6S2. The number of carbonyl (C=O) groups excluding carboxylic acids is 2. The maximum absolute atomic E-state index is 13.5. The van der Waals surface area contributed by atoms with E-state index in [2.05, 4.69) is 44.4 Å². The number of fused-ring (bicyclic) bond motifs is 1. The normalized spacial score (nSPS) is 16.8. The molecule has 0 spiro atoms. The van der Waals surface area contributed by atoms with Crippen LogP contribution in [0.5, 0.6) is 11.5 Å². The first-order valence-corrected chi connectivity index (χ1v) is 15.7. The van der Waals surface area contributed by atoms with Crippen molar-refractivity contribution in [1.82, 2.24) is 9.29 Å². The van der Waals surface area contributed by atoms with Crippen LogP contribution in [0.2, 0.25) is 0 Å². The van der Waals surface area contributed by atoms with E-state index < -0.39 is 21.7 Å². The minimum atomic E-state index is -3.90. The van der Waals surface area contributed by atoms with Gasteiger partial charge in [-0.1, -0.05) is 34.7 Å². The molecule has 1 aromatic heterocycles. The fourth-order valence-electron chi connectivity index (χ4n) is 4.56. The van der Waals surface area contributed by atoms with Crippen molar-refractivity contribution in [3.05, 3.63) is 78.1 Å². The van der Waals surface area contributed by atoms with Gasteiger partial charge in [0.15, 0.2) is 0 Å². The molecule has 1 fully saturated rings. The molecule has 5 rings (SSSR count). The fraction of sp³-hybridized carbons (Fsp3) is 0.296. The highest BCUT2D eigenvalue weighted by atomic mass is 127. The molecule has 2 aliphatic heterocycles. The highest BCUT2D eigenvalue weighted by Crippen LogP contribution is 2.34. The molecule has 0 radical (unpaired) electrons. The van der Waals surface area contributed by atoms with Crippen LogP contribution in [0.3, 0.4) is 0 Å². The van der Waals surface area contributed by atoms with Crippen LogP contribution in [0.1, 0.15) is 28.8 Å². The number of carbonyl (C=O) groups is 2. The summed E-state index contributed by atoms with van der Waals surface area (Å²) < 4.78 is 43.4. The molecule has 0 N–H and O–H groups in total. The molecular weight excluding hydrogens is 667 g/mol. The minimum Gasteiger partial charge on any atom is -0.497 e. The Morgan fingerprint density at radius 1 is 1.12 bits per heavy atom. The predicted octanol–water partition coefficient (Wildman–Crippen LogP) is 4.16. The zero-order chi connectivity index (χ0) is 28.7. The maximum Gasteiger partial charge on any atom is 0.299 e. The van der Waals surface area contributed by atoms with E-state index >= 15 is 0 Å². The molecule has 1 atom stereocenters. The molecule has 0 aliphatic carbocycles. The number of amides is 1. The van der Waals surface area contributed by atoms with Crippen LogP contribution in [-0.2, 0) is 33.8 Å². The van der Waals surface area contributed by atoms with Gasteiger partial charge >= 0.3 is 0 Å². The fourth-order valence-corrected chi connectivity index (χ4v) is 6.27. The number of ketones is 1. The third-order valence-electron chi connectivity index (χ3n) is 6.50. The van der Waals surface area contributed by atoms with E-state index in [1.165, 1.54) is 27.4 Å². The van der Waals surface area contributed by atoms with E-state index in [1.807, 2.05) is 12.1 Å². The molecule has 0 bridgehead atoms. The van der Waals surface area contributed by atoms with Crippen molar-refractivity contribution in [3.8, 4) is 11.5 Å². The van der Waals surface area contributed by atoms with Crippen molar-refractivity contribution in [3.63, 3.8) is 0 Å². The second-order valence-corrected chi connectivity index (χ2v) is 11.7. The number of pyridine rings is 1. The average molecular weight is 695 g/mol. The second kappa shape index (κ2) is 13.6. The highest BCUT2D eigenvalue weighted by molar-refractivity contribution is 14.1. The predicted molar refractivity (Wildman–Crippen MR) is 160 cm³/mol. The first-order chi connectivity index (χ1) is 19.3. The summed E-state index contributed by atoms with van der Waals surface area (Å²) in [5, 5.41) is 0. The molecule has 1 saturated heterocycles. The number of halogens is 1.